The Morgan fingerprint density at radius 2 is 1.81 bits per heavy atom. The molecule has 6 nitrogen and oxygen atoms in total. The van der Waals surface area contributed by atoms with E-state index in [-0.39, 0.29) is 24.3 Å². The summed E-state index contributed by atoms with van der Waals surface area (Å²) in [5, 5.41) is 3.87. The molecular weight excluding hydrogens is 468 g/mol. The number of imidazole rings is 1. The van der Waals surface area contributed by atoms with Gasteiger partial charge in [-0.1, -0.05) is 61.7 Å². The van der Waals surface area contributed by atoms with Gasteiger partial charge >= 0.3 is 0 Å². The zero-order chi connectivity index (χ0) is 24.9. The molecule has 1 saturated carbocycles. The zero-order valence-electron chi connectivity index (χ0n) is 21.1. The average molecular weight is 505 g/mol. The third-order valence-corrected chi connectivity index (χ3v) is 8.93. The van der Waals surface area contributed by atoms with Crippen LogP contribution in [0.15, 0.2) is 54.6 Å². The maximum absolute atomic E-state index is 13.8. The summed E-state index contributed by atoms with van der Waals surface area (Å²) in [6.45, 7) is 3.18. The number of nitrogens with zero attached hydrogens (tertiary/aromatic N) is 3. The summed E-state index contributed by atoms with van der Waals surface area (Å²) in [7, 11) is 0. The quantitative estimate of drug-likeness (QED) is 0.383. The summed E-state index contributed by atoms with van der Waals surface area (Å²) in [4.78, 5) is 33.6. The second-order valence-electron chi connectivity index (χ2n) is 10.0. The number of carbonyl (C=O) groups is 2. The second-order valence-corrected chi connectivity index (χ2v) is 11.4. The van der Waals surface area contributed by atoms with Crippen molar-refractivity contribution >= 4 is 34.6 Å². The third kappa shape index (κ3) is 5.46. The summed E-state index contributed by atoms with van der Waals surface area (Å²) in [5.41, 5.74) is 2.84. The largest absolute Gasteiger partial charge is 0.356 e. The highest BCUT2D eigenvalue weighted by Crippen LogP contribution is 2.37. The van der Waals surface area contributed by atoms with Gasteiger partial charge in [0.25, 0.3) is 0 Å². The van der Waals surface area contributed by atoms with Crippen molar-refractivity contribution < 1.29 is 9.59 Å². The number of amides is 2. The topological polar surface area (TPSA) is 67.2 Å². The summed E-state index contributed by atoms with van der Waals surface area (Å²) in [6, 6.07) is 17.1. The van der Waals surface area contributed by atoms with E-state index in [1.54, 1.807) is 0 Å². The molecule has 5 rings (SSSR count). The third-order valence-electron chi connectivity index (χ3n) is 7.47. The molecule has 2 aromatic carbocycles. The predicted molar refractivity (Wildman–Crippen MR) is 146 cm³/mol. The van der Waals surface area contributed by atoms with E-state index >= 15 is 0 Å². The minimum Gasteiger partial charge on any atom is -0.356 e. The fourth-order valence-electron chi connectivity index (χ4n) is 5.52. The van der Waals surface area contributed by atoms with E-state index in [0.717, 1.165) is 39.8 Å². The zero-order valence-corrected chi connectivity index (χ0v) is 21.9. The smallest absolute Gasteiger partial charge is 0.247 e. The average Bonchev–Trinajstić information content (AvgIpc) is 3.30. The number of hydrogen-bond acceptors (Lipinski definition) is 4. The maximum atomic E-state index is 13.8. The first-order chi connectivity index (χ1) is 17.6. The Hall–Kier alpha value is -2.80. The van der Waals surface area contributed by atoms with Crippen molar-refractivity contribution in [3.8, 4) is 0 Å². The van der Waals surface area contributed by atoms with Gasteiger partial charge in [-0.3, -0.25) is 9.59 Å². The Labute approximate surface area is 217 Å². The highest BCUT2D eigenvalue weighted by molar-refractivity contribution is 7.99. The van der Waals surface area contributed by atoms with E-state index in [9.17, 15) is 9.59 Å². The first-order valence-corrected chi connectivity index (χ1v) is 14.4. The molecule has 1 aliphatic carbocycles. The molecule has 2 aliphatic rings. The van der Waals surface area contributed by atoms with E-state index in [1.807, 2.05) is 71.0 Å². The standard InChI is InChI=1S/C29H36N4O2S/c1-21-28-31-24-15-8-9-16-25(24)33(28)26(29(35)32(21)20-22-11-4-2-5-12-22)19-27(34)30-17-10-18-36-23-13-6-3-7-14-23/h2,4-5,8-9,11-12,15-16,21,23,26H,3,6-7,10,13-14,17-20H2,1H3,(H,30,34). The number of benzene rings is 2. The van der Waals surface area contributed by atoms with Gasteiger partial charge in [0, 0.05) is 18.3 Å². The number of fused-ring (bicyclic) bond motifs is 3. The fraction of sp³-hybridized carbons (Fsp3) is 0.483. The van der Waals surface area contributed by atoms with E-state index < -0.39 is 6.04 Å². The fourth-order valence-corrected chi connectivity index (χ4v) is 6.83. The molecule has 1 fully saturated rings. The number of aromatic nitrogens is 2. The summed E-state index contributed by atoms with van der Waals surface area (Å²) < 4.78 is 2.00. The second kappa shape index (κ2) is 11.5. The molecule has 2 atom stereocenters. The first-order valence-electron chi connectivity index (χ1n) is 13.3. The minimum atomic E-state index is -0.594. The molecule has 2 unspecified atom stereocenters. The lowest BCUT2D eigenvalue weighted by molar-refractivity contribution is -0.142. The molecular formula is C29H36N4O2S. The molecule has 36 heavy (non-hydrogen) atoms. The van der Waals surface area contributed by atoms with Crippen LogP contribution >= 0.6 is 11.8 Å². The molecule has 0 radical (unpaired) electrons. The van der Waals surface area contributed by atoms with Gasteiger partial charge in [0.1, 0.15) is 11.9 Å². The molecule has 1 aromatic heterocycles. The van der Waals surface area contributed by atoms with Crippen LogP contribution in [-0.4, -0.2) is 43.8 Å². The van der Waals surface area contributed by atoms with Crippen molar-refractivity contribution in [2.75, 3.05) is 12.3 Å². The minimum absolute atomic E-state index is 0.0231. The number of hydrogen-bond donors (Lipinski definition) is 1. The van der Waals surface area contributed by atoms with Crippen LogP contribution in [0.2, 0.25) is 0 Å². The number of para-hydroxylation sites is 2. The van der Waals surface area contributed by atoms with Crippen LogP contribution < -0.4 is 5.32 Å². The van der Waals surface area contributed by atoms with E-state index in [1.165, 1.54) is 32.1 Å². The molecule has 2 heterocycles. The molecule has 0 spiro atoms. The van der Waals surface area contributed by atoms with Gasteiger partial charge < -0.3 is 14.8 Å². The monoisotopic (exact) mass is 504 g/mol. The first kappa shape index (κ1) is 24.9. The highest BCUT2D eigenvalue weighted by atomic mass is 32.2. The number of nitrogens with one attached hydrogen (secondary N) is 1. The van der Waals surface area contributed by atoms with Gasteiger partial charge in [-0.15, -0.1) is 0 Å². The normalized spacial score (nSPS) is 20.5. The Morgan fingerprint density at radius 3 is 2.61 bits per heavy atom. The van der Waals surface area contributed by atoms with Gasteiger partial charge in [0.05, 0.1) is 23.5 Å². The van der Waals surface area contributed by atoms with Crippen LogP contribution in [0.3, 0.4) is 0 Å². The lowest BCUT2D eigenvalue weighted by Gasteiger charge is -2.38. The van der Waals surface area contributed by atoms with Gasteiger partial charge in [-0.05, 0) is 49.6 Å². The van der Waals surface area contributed by atoms with Crippen molar-refractivity contribution in [3.63, 3.8) is 0 Å². The Balaban J connectivity index is 1.28. The summed E-state index contributed by atoms with van der Waals surface area (Å²) in [5.74, 6) is 1.82. The van der Waals surface area contributed by atoms with E-state index in [4.69, 9.17) is 4.98 Å². The van der Waals surface area contributed by atoms with Crippen molar-refractivity contribution in [3.05, 3.63) is 66.0 Å². The molecule has 7 heteroatoms. The molecule has 0 saturated heterocycles. The Kier molecular flexibility index (Phi) is 7.95. The molecule has 0 bridgehead atoms. The van der Waals surface area contributed by atoms with Gasteiger partial charge in [-0.25, -0.2) is 4.98 Å². The predicted octanol–water partition coefficient (Wildman–Crippen LogP) is 5.64. The van der Waals surface area contributed by atoms with Crippen LogP contribution in [0, 0.1) is 0 Å². The van der Waals surface area contributed by atoms with Crippen molar-refractivity contribution in [1.29, 1.82) is 0 Å². The van der Waals surface area contributed by atoms with Gasteiger partial charge in [-0.2, -0.15) is 11.8 Å². The van der Waals surface area contributed by atoms with Gasteiger partial charge in [0.2, 0.25) is 11.8 Å². The van der Waals surface area contributed by atoms with Crippen LogP contribution in [0.5, 0.6) is 0 Å². The summed E-state index contributed by atoms with van der Waals surface area (Å²) >= 11 is 2.06. The number of rotatable bonds is 9. The van der Waals surface area contributed by atoms with Crippen molar-refractivity contribution in [1.82, 2.24) is 19.8 Å². The van der Waals surface area contributed by atoms with E-state index in [2.05, 4.69) is 17.1 Å². The SMILES string of the molecule is CC1c2nc3ccccc3n2C(CC(=O)NCCCSC2CCCCC2)C(=O)N1Cc1ccccc1. The molecule has 2 amide bonds. The lowest BCUT2D eigenvalue weighted by atomic mass is 10.0. The maximum Gasteiger partial charge on any atom is 0.247 e. The molecule has 1 N–H and O–H groups in total. The number of thioether (sulfide) groups is 1. The van der Waals surface area contributed by atoms with Crippen LogP contribution in [0.4, 0.5) is 0 Å². The van der Waals surface area contributed by atoms with E-state index in [0.29, 0.717) is 13.1 Å². The lowest BCUT2D eigenvalue weighted by Crippen LogP contribution is -2.46. The highest BCUT2D eigenvalue weighted by Gasteiger charge is 2.40. The Bertz CT molecular complexity index is 1190. The van der Waals surface area contributed by atoms with Crippen LogP contribution in [-0.2, 0) is 16.1 Å². The molecule has 1 aliphatic heterocycles. The van der Waals surface area contributed by atoms with Crippen LogP contribution in [0.25, 0.3) is 11.0 Å². The van der Waals surface area contributed by atoms with Crippen LogP contribution in [0.1, 0.15) is 75.3 Å². The Morgan fingerprint density at radius 1 is 1.06 bits per heavy atom. The number of carbonyl (C=O) groups excluding carboxylic acids is 2. The molecule has 3 aromatic rings. The van der Waals surface area contributed by atoms with Crippen molar-refractivity contribution in [2.24, 2.45) is 0 Å². The van der Waals surface area contributed by atoms with Crippen molar-refractivity contribution in [2.45, 2.75) is 75.7 Å². The molecule has 190 valence electrons. The summed E-state index contributed by atoms with van der Waals surface area (Å²) in [6.07, 6.45) is 7.84. The van der Waals surface area contributed by atoms with Gasteiger partial charge in [0.15, 0.2) is 0 Å².